The molecule has 0 atom stereocenters. The number of anilines is 1. The number of thiazole rings is 1. The third kappa shape index (κ3) is 2.96. The van der Waals surface area contributed by atoms with Gasteiger partial charge in [-0.3, -0.25) is 4.90 Å². The SMILES string of the molecule is Cc1cccc2nc(C3CCN(Cc4cnc(N)s4)CC3)oc12. The first-order chi connectivity index (χ1) is 11.2. The van der Waals surface area contributed by atoms with Crippen molar-refractivity contribution in [1.29, 1.82) is 0 Å². The van der Waals surface area contributed by atoms with Crippen LogP contribution in [0.3, 0.4) is 0 Å². The molecule has 0 radical (unpaired) electrons. The Labute approximate surface area is 139 Å². The van der Waals surface area contributed by atoms with Crippen LogP contribution in [0.5, 0.6) is 0 Å². The maximum Gasteiger partial charge on any atom is 0.198 e. The Morgan fingerprint density at radius 3 is 2.87 bits per heavy atom. The molecule has 3 aromatic rings. The van der Waals surface area contributed by atoms with E-state index in [1.165, 1.54) is 4.88 Å². The van der Waals surface area contributed by atoms with E-state index in [9.17, 15) is 0 Å². The van der Waals surface area contributed by atoms with Gasteiger partial charge in [0.25, 0.3) is 0 Å². The number of aromatic nitrogens is 2. The van der Waals surface area contributed by atoms with Crippen LogP contribution in [0.1, 0.15) is 35.1 Å². The lowest BCUT2D eigenvalue weighted by atomic mass is 9.97. The Bertz CT molecular complexity index is 817. The number of nitrogens with two attached hydrogens (primary N) is 1. The monoisotopic (exact) mass is 328 g/mol. The average Bonchev–Trinajstić information content (AvgIpc) is 3.15. The van der Waals surface area contributed by atoms with Crippen molar-refractivity contribution in [1.82, 2.24) is 14.9 Å². The van der Waals surface area contributed by atoms with Crippen LogP contribution in [0, 0.1) is 6.92 Å². The molecular weight excluding hydrogens is 308 g/mol. The maximum atomic E-state index is 6.04. The van der Waals surface area contributed by atoms with Crippen molar-refractivity contribution in [3.63, 3.8) is 0 Å². The molecule has 0 spiro atoms. The second-order valence-corrected chi connectivity index (χ2v) is 7.34. The normalized spacial score (nSPS) is 17.1. The fraction of sp³-hybridized carbons (Fsp3) is 0.412. The number of fused-ring (bicyclic) bond motifs is 1. The molecule has 0 bridgehead atoms. The number of nitrogens with zero attached hydrogens (tertiary/aromatic N) is 3. The van der Waals surface area contributed by atoms with Crippen LogP contribution in [0.25, 0.3) is 11.1 Å². The highest BCUT2D eigenvalue weighted by Crippen LogP contribution is 2.31. The average molecular weight is 328 g/mol. The molecule has 1 aromatic carbocycles. The first-order valence-corrected chi connectivity index (χ1v) is 8.79. The van der Waals surface area contributed by atoms with Crippen molar-refractivity contribution in [3.8, 4) is 0 Å². The second kappa shape index (κ2) is 5.94. The molecule has 4 rings (SSSR count). The van der Waals surface area contributed by atoms with E-state index >= 15 is 0 Å². The lowest BCUT2D eigenvalue weighted by Crippen LogP contribution is -2.32. The number of nitrogen functional groups attached to an aromatic ring is 1. The Morgan fingerprint density at radius 2 is 2.17 bits per heavy atom. The van der Waals surface area contributed by atoms with Crippen LogP contribution in [0.15, 0.2) is 28.8 Å². The summed E-state index contributed by atoms with van der Waals surface area (Å²) < 4.78 is 6.04. The van der Waals surface area contributed by atoms with E-state index in [0.29, 0.717) is 11.0 Å². The fourth-order valence-electron chi connectivity index (χ4n) is 3.23. The van der Waals surface area contributed by atoms with Crippen LogP contribution in [-0.2, 0) is 6.54 Å². The number of likely N-dealkylation sites (tertiary alicyclic amines) is 1. The van der Waals surface area contributed by atoms with E-state index in [2.05, 4.69) is 22.9 Å². The zero-order valence-electron chi connectivity index (χ0n) is 13.2. The third-order valence-electron chi connectivity index (χ3n) is 4.52. The van der Waals surface area contributed by atoms with Crippen LogP contribution in [0.2, 0.25) is 0 Å². The first kappa shape index (κ1) is 14.7. The minimum Gasteiger partial charge on any atom is -0.440 e. The molecule has 0 amide bonds. The number of benzene rings is 1. The number of hydrogen-bond acceptors (Lipinski definition) is 6. The first-order valence-electron chi connectivity index (χ1n) is 7.97. The molecular formula is C17H20N4OS. The van der Waals surface area contributed by atoms with Crippen molar-refractivity contribution >= 4 is 27.6 Å². The summed E-state index contributed by atoms with van der Waals surface area (Å²) in [7, 11) is 0. The smallest absolute Gasteiger partial charge is 0.198 e. The van der Waals surface area contributed by atoms with Gasteiger partial charge in [-0.15, -0.1) is 11.3 Å². The summed E-state index contributed by atoms with van der Waals surface area (Å²) in [6, 6.07) is 6.13. The molecule has 0 saturated carbocycles. The summed E-state index contributed by atoms with van der Waals surface area (Å²) in [6.45, 7) is 5.12. The standard InChI is InChI=1S/C17H20N4OS/c1-11-3-2-4-14-15(11)22-16(20-14)12-5-7-21(8-6-12)10-13-9-19-17(18)23-13/h2-4,9,12H,5-8,10H2,1H3,(H2,18,19). The van der Waals surface area contributed by atoms with E-state index in [1.807, 2.05) is 18.3 Å². The molecule has 1 aliphatic heterocycles. The van der Waals surface area contributed by atoms with E-state index in [1.54, 1.807) is 11.3 Å². The number of hydrogen-bond donors (Lipinski definition) is 1. The summed E-state index contributed by atoms with van der Waals surface area (Å²) in [5.41, 5.74) is 8.76. The molecule has 2 N–H and O–H groups in total. The molecule has 23 heavy (non-hydrogen) atoms. The Balaban J connectivity index is 1.43. The number of para-hydroxylation sites is 1. The van der Waals surface area contributed by atoms with Gasteiger partial charge in [-0.1, -0.05) is 12.1 Å². The molecule has 0 unspecified atom stereocenters. The van der Waals surface area contributed by atoms with Gasteiger partial charge in [0.2, 0.25) is 0 Å². The zero-order valence-corrected chi connectivity index (χ0v) is 14.0. The highest BCUT2D eigenvalue weighted by molar-refractivity contribution is 7.15. The van der Waals surface area contributed by atoms with Gasteiger partial charge >= 0.3 is 0 Å². The van der Waals surface area contributed by atoms with Gasteiger partial charge in [0.1, 0.15) is 5.52 Å². The predicted octanol–water partition coefficient (Wildman–Crippen LogP) is 3.55. The lowest BCUT2D eigenvalue weighted by Gasteiger charge is -2.29. The second-order valence-electron chi connectivity index (χ2n) is 6.19. The van der Waals surface area contributed by atoms with Gasteiger partial charge in [-0.2, -0.15) is 0 Å². The minimum atomic E-state index is 0.421. The molecule has 0 aliphatic carbocycles. The molecule has 120 valence electrons. The van der Waals surface area contributed by atoms with Crippen LogP contribution in [-0.4, -0.2) is 28.0 Å². The quantitative estimate of drug-likeness (QED) is 0.796. The number of aryl methyl sites for hydroxylation is 1. The third-order valence-corrected chi connectivity index (χ3v) is 5.33. The van der Waals surface area contributed by atoms with E-state index in [-0.39, 0.29) is 0 Å². The molecule has 1 saturated heterocycles. The van der Waals surface area contributed by atoms with Crippen LogP contribution < -0.4 is 5.73 Å². The maximum absolute atomic E-state index is 6.04. The van der Waals surface area contributed by atoms with Gasteiger partial charge in [0, 0.05) is 23.5 Å². The van der Waals surface area contributed by atoms with Crippen molar-refractivity contribution in [2.24, 2.45) is 0 Å². The summed E-state index contributed by atoms with van der Waals surface area (Å²) in [5, 5.41) is 0.650. The fourth-order valence-corrected chi connectivity index (χ4v) is 3.96. The van der Waals surface area contributed by atoms with Gasteiger partial charge in [0.15, 0.2) is 16.6 Å². The summed E-state index contributed by atoms with van der Waals surface area (Å²) in [6.07, 6.45) is 4.05. The van der Waals surface area contributed by atoms with E-state index in [0.717, 1.165) is 55.0 Å². The van der Waals surface area contributed by atoms with Crippen molar-refractivity contribution < 1.29 is 4.42 Å². The molecule has 6 heteroatoms. The molecule has 2 aromatic heterocycles. The Kier molecular flexibility index (Phi) is 3.79. The predicted molar refractivity (Wildman–Crippen MR) is 92.5 cm³/mol. The van der Waals surface area contributed by atoms with Gasteiger partial charge in [-0.25, -0.2) is 9.97 Å². The molecule has 1 fully saturated rings. The lowest BCUT2D eigenvalue weighted by molar-refractivity contribution is 0.195. The van der Waals surface area contributed by atoms with Crippen LogP contribution in [0.4, 0.5) is 5.13 Å². The summed E-state index contributed by atoms with van der Waals surface area (Å²) >= 11 is 1.58. The number of oxazole rings is 1. The largest absolute Gasteiger partial charge is 0.440 e. The van der Waals surface area contributed by atoms with E-state index in [4.69, 9.17) is 15.1 Å². The van der Waals surface area contributed by atoms with Gasteiger partial charge in [-0.05, 0) is 44.5 Å². The number of rotatable bonds is 3. The van der Waals surface area contributed by atoms with Crippen molar-refractivity contribution in [2.45, 2.75) is 32.2 Å². The zero-order chi connectivity index (χ0) is 15.8. The van der Waals surface area contributed by atoms with Gasteiger partial charge in [0.05, 0.1) is 0 Å². The number of piperidine rings is 1. The minimum absolute atomic E-state index is 0.421. The highest BCUT2D eigenvalue weighted by Gasteiger charge is 2.25. The topological polar surface area (TPSA) is 68.2 Å². The van der Waals surface area contributed by atoms with E-state index < -0.39 is 0 Å². The Morgan fingerprint density at radius 1 is 1.35 bits per heavy atom. The Hall–Kier alpha value is -1.92. The summed E-state index contributed by atoms with van der Waals surface area (Å²) in [5.74, 6) is 1.32. The van der Waals surface area contributed by atoms with Gasteiger partial charge < -0.3 is 10.2 Å². The molecule has 1 aliphatic rings. The van der Waals surface area contributed by atoms with Crippen LogP contribution >= 0.6 is 11.3 Å². The molecule has 5 nitrogen and oxygen atoms in total. The van der Waals surface area contributed by atoms with Crippen molar-refractivity contribution in [2.75, 3.05) is 18.8 Å². The highest BCUT2D eigenvalue weighted by atomic mass is 32.1. The summed E-state index contributed by atoms with van der Waals surface area (Å²) in [4.78, 5) is 12.5. The molecule has 3 heterocycles. The van der Waals surface area contributed by atoms with Crippen molar-refractivity contribution in [3.05, 3.63) is 40.7 Å².